The second-order valence-electron chi connectivity index (χ2n) is 3.64. The lowest BCUT2D eigenvalue weighted by Gasteiger charge is -2.24. The topological polar surface area (TPSA) is 55.2 Å². The Bertz CT molecular complexity index is 420. The summed E-state index contributed by atoms with van der Waals surface area (Å²) in [6.07, 6.45) is 0.663. The second-order valence-corrected chi connectivity index (χ2v) is 4.05. The fourth-order valence-electron chi connectivity index (χ4n) is 2.04. The third-order valence-corrected chi connectivity index (χ3v) is 3.06. The number of nitrogens with one attached hydrogen (secondary N) is 1. The molecule has 2 rings (SSSR count). The van der Waals surface area contributed by atoms with Gasteiger partial charge >= 0.3 is 0 Å². The third kappa shape index (κ3) is 1.70. The molecule has 4 nitrogen and oxygen atoms in total. The molecule has 0 amide bonds. The average Bonchev–Trinajstić information content (AvgIpc) is 2.17. The highest BCUT2D eigenvalue weighted by Crippen LogP contribution is 2.35. The quantitative estimate of drug-likeness (QED) is 0.591. The summed E-state index contributed by atoms with van der Waals surface area (Å²) in [7, 11) is 0. The number of nitro groups is 1. The monoisotopic (exact) mass is 226 g/mol. The van der Waals surface area contributed by atoms with E-state index in [9.17, 15) is 10.1 Å². The van der Waals surface area contributed by atoms with Crippen LogP contribution in [0.4, 0.5) is 5.69 Å². The Morgan fingerprint density at radius 2 is 2.33 bits per heavy atom. The van der Waals surface area contributed by atoms with E-state index < -0.39 is 0 Å². The molecule has 0 aromatic heterocycles. The Morgan fingerprint density at radius 1 is 1.60 bits per heavy atom. The van der Waals surface area contributed by atoms with E-state index in [-0.39, 0.29) is 16.7 Å². The van der Waals surface area contributed by atoms with Gasteiger partial charge < -0.3 is 5.32 Å². The van der Waals surface area contributed by atoms with Crippen LogP contribution in [0.2, 0.25) is 5.02 Å². The first kappa shape index (κ1) is 10.4. The molecule has 1 N–H and O–H groups in total. The standard InChI is InChI=1S/C10H11ClN2O2/c1-6-10-7(4-5-12-6)9(13(14)15)3-2-8(10)11/h2-3,6,12H,4-5H2,1H3. The highest BCUT2D eigenvalue weighted by atomic mass is 35.5. The highest BCUT2D eigenvalue weighted by molar-refractivity contribution is 6.31. The van der Waals surface area contributed by atoms with E-state index in [0.29, 0.717) is 11.4 Å². The molecule has 1 aromatic rings. The van der Waals surface area contributed by atoms with Gasteiger partial charge in [-0.25, -0.2) is 0 Å². The number of benzene rings is 1. The molecule has 5 heteroatoms. The predicted octanol–water partition coefficient (Wildman–Crippen LogP) is 2.45. The van der Waals surface area contributed by atoms with Crippen molar-refractivity contribution in [3.63, 3.8) is 0 Å². The number of rotatable bonds is 1. The Balaban J connectivity index is 2.63. The van der Waals surface area contributed by atoms with E-state index in [2.05, 4.69) is 5.32 Å². The van der Waals surface area contributed by atoms with Crippen molar-refractivity contribution in [2.24, 2.45) is 0 Å². The Kier molecular flexibility index (Phi) is 2.63. The van der Waals surface area contributed by atoms with E-state index in [1.165, 1.54) is 6.07 Å². The molecule has 1 unspecified atom stereocenters. The SMILES string of the molecule is CC1NCCc2c([N+](=O)[O-])ccc(Cl)c21. The molecule has 80 valence electrons. The van der Waals surface area contributed by atoms with Gasteiger partial charge in [0.1, 0.15) is 0 Å². The van der Waals surface area contributed by atoms with Crippen molar-refractivity contribution in [1.29, 1.82) is 0 Å². The number of nitrogens with zero attached hydrogens (tertiary/aromatic N) is 1. The zero-order valence-electron chi connectivity index (χ0n) is 8.29. The third-order valence-electron chi connectivity index (χ3n) is 2.73. The Morgan fingerprint density at radius 3 is 3.00 bits per heavy atom. The first-order valence-electron chi connectivity index (χ1n) is 4.80. The van der Waals surface area contributed by atoms with Gasteiger partial charge in [-0.3, -0.25) is 10.1 Å². The molecule has 1 aromatic carbocycles. The van der Waals surface area contributed by atoms with Crippen molar-refractivity contribution in [2.75, 3.05) is 6.54 Å². The number of hydrogen-bond donors (Lipinski definition) is 1. The maximum atomic E-state index is 10.8. The minimum absolute atomic E-state index is 0.0844. The van der Waals surface area contributed by atoms with Crippen molar-refractivity contribution in [1.82, 2.24) is 5.32 Å². The van der Waals surface area contributed by atoms with Crippen molar-refractivity contribution < 1.29 is 4.92 Å². The molecule has 1 heterocycles. The van der Waals surface area contributed by atoms with Gasteiger partial charge in [-0.05, 0) is 25.0 Å². The number of hydrogen-bond acceptors (Lipinski definition) is 3. The Hall–Kier alpha value is -1.13. The molecular formula is C10H11ClN2O2. The van der Waals surface area contributed by atoms with Gasteiger partial charge in [0.05, 0.1) is 4.92 Å². The van der Waals surface area contributed by atoms with Crippen molar-refractivity contribution in [3.05, 3.63) is 38.4 Å². The molecule has 0 fully saturated rings. The lowest BCUT2D eigenvalue weighted by atomic mass is 9.94. The van der Waals surface area contributed by atoms with Crippen LogP contribution in [0.1, 0.15) is 24.1 Å². The summed E-state index contributed by atoms with van der Waals surface area (Å²) in [6, 6.07) is 3.17. The lowest BCUT2D eigenvalue weighted by molar-refractivity contribution is -0.385. The van der Waals surface area contributed by atoms with Crippen LogP contribution in [0.3, 0.4) is 0 Å². The van der Waals surface area contributed by atoms with Crippen LogP contribution in [0.5, 0.6) is 0 Å². The van der Waals surface area contributed by atoms with Gasteiger partial charge in [-0.15, -0.1) is 0 Å². The summed E-state index contributed by atoms with van der Waals surface area (Å²) >= 11 is 6.05. The van der Waals surface area contributed by atoms with Crippen LogP contribution < -0.4 is 5.32 Å². The molecule has 0 saturated heterocycles. The second kappa shape index (κ2) is 3.79. The van der Waals surface area contributed by atoms with Gasteiger partial charge in [0.2, 0.25) is 0 Å². The summed E-state index contributed by atoms with van der Waals surface area (Å²) in [6.45, 7) is 2.73. The Labute approximate surface area is 92.4 Å². The van der Waals surface area contributed by atoms with Gasteiger partial charge in [0, 0.05) is 29.2 Å². The molecule has 1 aliphatic rings. The van der Waals surface area contributed by atoms with Crippen LogP contribution in [-0.4, -0.2) is 11.5 Å². The summed E-state index contributed by atoms with van der Waals surface area (Å²) < 4.78 is 0. The van der Waals surface area contributed by atoms with Crippen molar-refractivity contribution in [2.45, 2.75) is 19.4 Å². The predicted molar refractivity (Wildman–Crippen MR) is 58.2 cm³/mol. The number of nitro benzene ring substituents is 1. The first-order valence-corrected chi connectivity index (χ1v) is 5.18. The summed E-state index contributed by atoms with van der Waals surface area (Å²) in [4.78, 5) is 10.5. The zero-order chi connectivity index (χ0) is 11.0. The van der Waals surface area contributed by atoms with E-state index in [0.717, 1.165) is 17.7 Å². The van der Waals surface area contributed by atoms with Crippen LogP contribution in [-0.2, 0) is 6.42 Å². The van der Waals surface area contributed by atoms with Crippen LogP contribution in [0.15, 0.2) is 12.1 Å². The molecule has 0 saturated carbocycles. The number of fused-ring (bicyclic) bond motifs is 1. The average molecular weight is 227 g/mol. The van der Waals surface area contributed by atoms with Gasteiger partial charge in [-0.2, -0.15) is 0 Å². The molecule has 1 atom stereocenters. The zero-order valence-corrected chi connectivity index (χ0v) is 9.04. The lowest BCUT2D eigenvalue weighted by Crippen LogP contribution is -2.28. The van der Waals surface area contributed by atoms with Gasteiger partial charge in [-0.1, -0.05) is 11.6 Å². The molecular weight excluding hydrogens is 216 g/mol. The molecule has 0 radical (unpaired) electrons. The van der Waals surface area contributed by atoms with E-state index in [1.54, 1.807) is 6.07 Å². The number of halogens is 1. The van der Waals surface area contributed by atoms with Crippen LogP contribution in [0.25, 0.3) is 0 Å². The molecule has 1 aliphatic heterocycles. The fraction of sp³-hybridized carbons (Fsp3) is 0.400. The minimum atomic E-state index is -0.340. The maximum Gasteiger partial charge on any atom is 0.273 e. The summed E-state index contributed by atoms with van der Waals surface area (Å²) in [5, 5.41) is 14.7. The normalized spacial score (nSPS) is 19.7. The first-order chi connectivity index (χ1) is 7.11. The van der Waals surface area contributed by atoms with Gasteiger partial charge in [0.25, 0.3) is 5.69 Å². The smallest absolute Gasteiger partial charge is 0.273 e. The largest absolute Gasteiger partial charge is 0.310 e. The van der Waals surface area contributed by atoms with Crippen LogP contribution >= 0.6 is 11.6 Å². The fourth-order valence-corrected chi connectivity index (χ4v) is 2.38. The molecule has 15 heavy (non-hydrogen) atoms. The highest BCUT2D eigenvalue weighted by Gasteiger charge is 2.26. The molecule has 0 bridgehead atoms. The molecule has 0 spiro atoms. The van der Waals surface area contributed by atoms with Crippen molar-refractivity contribution >= 4 is 17.3 Å². The van der Waals surface area contributed by atoms with E-state index >= 15 is 0 Å². The van der Waals surface area contributed by atoms with Crippen molar-refractivity contribution in [3.8, 4) is 0 Å². The summed E-state index contributed by atoms with van der Waals surface area (Å²) in [5.74, 6) is 0. The van der Waals surface area contributed by atoms with Gasteiger partial charge in [0.15, 0.2) is 0 Å². The van der Waals surface area contributed by atoms with E-state index in [1.807, 2.05) is 6.92 Å². The molecule has 0 aliphatic carbocycles. The maximum absolute atomic E-state index is 10.8. The summed E-state index contributed by atoms with van der Waals surface area (Å²) in [5.41, 5.74) is 1.83. The van der Waals surface area contributed by atoms with Crippen LogP contribution in [0, 0.1) is 10.1 Å². The van der Waals surface area contributed by atoms with E-state index in [4.69, 9.17) is 11.6 Å². The minimum Gasteiger partial charge on any atom is -0.310 e.